The summed E-state index contributed by atoms with van der Waals surface area (Å²) in [6.07, 6.45) is 7.18. The molecule has 0 spiro atoms. The number of amides is 1. The van der Waals surface area contributed by atoms with Crippen LogP contribution in [0.4, 0.5) is 5.69 Å². The van der Waals surface area contributed by atoms with E-state index in [0.29, 0.717) is 23.7 Å². The molecular weight excluding hydrogens is 336 g/mol. The van der Waals surface area contributed by atoms with Crippen LogP contribution in [0.25, 0.3) is 0 Å². The Morgan fingerprint density at radius 2 is 1.92 bits per heavy atom. The SMILES string of the molecule is C=CCN(c1ccc(C(=O)NC[C@@H](CC)CCCC)cc1)S(C)(=O)=O. The van der Waals surface area contributed by atoms with Crippen LogP contribution in [0.1, 0.15) is 49.9 Å². The number of anilines is 1. The third-order valence-corrected chi connectivity index (χ3v) is 5.37. The molecule has 6 heteroatoms. The summed E-state index contributed by atoms with van der Waals surface area (Å²) in [6, 6.07) is 6.60. The van der Waals surface area contributed by atoms with Gasteiger partial charge in [-0.1, -0.05) is 39.2 Å². The smallest absolute Gasteiger partial charge is 0.251 e. The summed E-state index contributed by atoms with van der Waals surface area (Å²) in [5, 5.41) is 2.98. The zero-order valence-electron chi connectivity index (χ0n) is 15.5. The van der Waals surface area contributed by atoms with E-state index in [9.17, 15) is 13.2 Å². The molecule has 1 N–H and O–H groups in total. The van der Waals surface area contributed by atoms with E-state index in [1.807, 2.05) is 0 Å². The van der Waals surface area contributed by atoms with Crippen molar-refractivity contribution < 1.29 is 13.2 Å². The number of sulfonamides is 1. The Labute approximate surface area is 152 Å². The Hall–Kier alpha value is -1.82. The van der Waals surface area contributed by atoms with Crippen molar-refractivity contribution in [2.75, 3.05) is 23.7 Å². The second kappa shape index (κ2) is 10.2. The fourth-order valence-corrected chi connectivity index (χ4v) is 3.49. The van der Waals surface area contributed by atoms with Gasteiger partial charge in [-0.2, -0.15) is 0 Å². The van der Waals surface area contributed by atoms with E-state index >= 15 is 0 Å². The predicted molar refractivity (Wildman–Crippen MR) is 104 cm³/mol. The van der Waals surface area contributed by atoms with Crippen molar-refractivity contribution >= 4 is 21.6 Å². The predicted octanol–water partition coefficient (Wildman–Crippen LogP) is 3.58. The maximum atomic E-state index is 12.3. The monoisotopic (exact) mass is 366 g/mol. The van der Waals surface area contributed by atoms with Gasteiger partial charge in [0.1, 0.15) is 0 Å². The number of hydrogen-bond donors (Lipinski definition) is 1. The second-order valence-electron chi connectivity index (χ2n) is 6.26. The summed E-state index contributed by atoms with van der Waals surface area (Å²) in [5.41, 5.74) is 1.05. The normalized spacial score (nSPS) is 12.4. The molecule has 5 nitrogen and oxygen atoms in total. The van der Waals surface area contributed by atoms with E-state index in [4.69, 9.17) is 0 Å². The number of benzene rings is 1. The lowest BCUT2D eigenvalue weighted by Crippen LogP contribution is -2.30. The van der Waals surface area contributed by atoms with E-state index in [-0.39, 0.29) is 12.5 Å². The van der Waals surface area contributed by atoms with Crippen LogP contribution in [0.3, 0.4) is 0 Å². The minimum absolute atomic E-state index is 0.129. The molecule has 0 aliphatic carbocycles. The largest absolute Gasteiger partial charge is 0.352 e. The lowest BCUT2D eigenvalue weighted by molar-refractivity contribution is 0.0946. The minimum Gasteiger partial charge on any atom is -0.352 e. The highest BCUT2D eigenvalue weighted by Crippen LogP contribution is 2.18. The van der Waals surface area contributed by atoms with Crippen LogP contribution >= 0.6 is 0 Å². The number of hydrogen-bond acceptors (Lipinski definition) is 3. The van der Waals surface area contributed by atoms with Gasteiger partial charge < -0.3 is 5.32 Å². The zero-order valence-corrected chi connectivity index (χ0v) is 16.3. The highest BCUT2D eigenvalue weighted by Gasteiger charge is 2.16. The number of rotatable bonds is 11. The van der Waals surface area contributed by atoms with E-state index in [0.717, 1.165) is 25.5 Å². The van der Waals surface area contributed by atoms with Gasteiger partial charge in [-0.05, 0) is 36.6 Å². The molecule has 1 aromatic rings. The van der Waals surface area contributed by atoms with Crippen LogP contribution in [0.2, 0.25) is 0 Å². The van der Waals surface area contributed by atoms with Gasteiger partial charge in [-0.25, -0.2) is 8.42 Å². The molecule has 0 saturated heterocycles. The average molecular weight is 367 g/mol. The van der Waals surface area contributed by atoms with Gasteiger partial charge >= 0.3 is 0 Å². The van der Waals surface area contributed by atoms with Crippen molar-refractivity contribution in [1.29, 1.82) is 0 Å². The highest BCUT2D eigenvalue weighted by atomic mass is 32.2. The van der Waals surface area contributed by atoms with Crippen LogP contribution in [0.5, 0.6) is 0 Å². The van der Waals surface area contributed by atoms with Crippen LogP contribution in [-0.4, -0.2) is 33.7 Å². The van der Waals surface area contributed by atoms with Gasteiger partial charge in [0.05, 0.1) is 18.5 Å². The van der Waals surface area contributed by atoms with E-state index in [1.165, 1.54) is 16.8 Å². The Bertz CT molecular complexity index is 654. The molecule has 0 heterocycles. The number of carbonyl (C=O) groups is 1. The fraction of sp³-hybridized carbons (Fsp3) is 0.526. The molecule has 1 amide bonds. The van der Waals surface area contributed by atoms with Crippen molar-refractivity contribution in [2.45, 2.75) is 39.5 Å². The van der Waals surface area contributed by atoms with E-state index in [2.05, 4.69) is 25.7 Å². The molecular formula is C19H30N2O3S. The third-order valence-electron chi connectivity index (χ3n) is 4.21. The molecule has 1 aromatic carbocycles. The number of unbranched alkanes of at least 4 members (excludes halogenated alkanes) is 1. The van der Waals surface area contributed by atoms with Crippen molar-refractivity contribution in [1.82, 2.24) is 5.32 Å². The Morgan fingerprint density at radius 3 is 2.40 bits per heavy atom. The molecule has 25 heavy (non-hydrogen) atoms. The Morgan fingerprint density at radius 1 is 1.28 bits per heavy atom. The van der Waals surface area contributed by atoms with Crippen LogP contribution in [-0.2, 0) is 10.0 Å². The summed E-state index contributed by atoms with van der Waals surface area (Å²) >= 11 is 0. The maximum Gasteiger partial charge on any atom is 0.251 e. The maximum absolute atomic E-state index is 12.3. The highest BCUT2D eigenvalue weighted by molar-refractivity contribution is 7.92. The molecule has 0 aliphatic heterocycles. The van der Waals surface area contributed by atoms with E-state index < -0.39 is 10.0 Å². The second-order valence-corrected chi connectivity index (χ2v) is 8.16. The molecule has 0 aromatic heterocycles. The lowest BCUT2D eigenvalue weighted by Gasteiger charge is -2.21. The summed E-state index contributed by atoms with van der Waals surface area (Å²) in [6.45, 7) is 8.75. The van der Waals surface area contributed by atoms with Crippen LogP contribution < -0.4 is 9.62 Å². The molecule has 0 saturated carbocycles. The molecule has 0 aliphatic rings. The molecule has 140 valence electrons. The first-order valence-electron chi connectivity index (χ1n) is 8.80. The summed E-state index contributed by atoms with van der Waals surface area (Å²) in [5.74, 6) is 0.368. The first-order chi connectivity index (χ1) is 11.8. The van der Waals surface area contributed by atoms with Crippen LogP contribution in [0.15, 0.2) is 36.9 Å². The number of carbonyl (C=O) groups excluding carboxylic acids is 1. The van der Waals surface area contributed by atoms with Gasteiger partial charge in [0.25, 0.3) is 5.91 Å². The average Bonchev–Trinajstić information content (AvgIpc) is 2.59. The molecule has 1 rings (SSSR count). The first kappa shape index (κ1) is 21.2. The first-order valence-corrected chi connectivity index (χ1v) is 10.6. The van der Waals surface area contributed by atoms with Crippen LogP contribution in [0, 0.1) is 5.92 Å². The third kappa shape index (κ3) is 6.90. The summed E-state index contributed by atoms with van der Waals surface area (Å²) in [7, 11) is -3.39. The standard InChI is InChI=1S/C19H30N2O3S/c1-5-8-9-16(7-3)15-20-19(22)17-10-12-18(13-11-17)21(14-6-2)25(4,23)24/h6,10-13,16H,2,5,7-9,14-15H2,1,3-4H3,(H,20,22)/t16-/m0/s1. The summed E-state index contributed by atoms with van der Waals surface area (Å²) in [4.78, 5) is 12.3. The van der Waals surface area contributed by atoms with Crippen molar-refractivity contribution in [3.63, 3.8) is 0 Å². The number of nitrogens with one attached hydrogen (secondary N) is 1. The fourth-order valence-electron chi connectivity index (χ4n) is 2.61. The Kier molecular flexibility index (Phi) is 8.69. The van der Waals surface area contributed by atoms with Crippen molar-refractivity contribution in [2.24, 2.45) is 5.92 Å². The van der Waals surface area contributed by atoms with Gasteiger partial charge in [-0.3, -0.25) is 9.10 Å². The van der Waals surface area contributed by atoms with Crippen molar-refractivity contribution in [3.05, 3.63) is 42.5 Å². The topological polar surface area (TPSA) is 66.5 Å². The zero-order chi connectivity index (χ0) is 18.9. The van der Waals surface area contributed by atoms with Crippen molar-refractivity contribution in [3.8, 4) is 0 Å². The quantitative estimate of drug-likeness (QED) is 0.609. The van der Waals surface area contributed by atoms with Gasteiger partial charge in [0, 0.05) is 12.1 Å². The molecule has 0 radical (unpaired) electrons. The van der Waals surface area contributed by atoms with Gasteiger partial charge in [0.15, 0.2) is 0 Å². The molecule has 0 bridgehead atoms. The Balaban J connectivity index is 2.74. The molecule has 0 fully saturated rings. The molecule has 1 atom stereocenters. The minimum atomic E-state index is -3.39. The molecule has 0 unspecified atom stereocenters. The summed E-state index contributed by atoms with van der Waals surface area (Å²) < 4.78 is 24.9. The lowest BCUT2D eigenvalue weighted by atomic mass is 9.99. The van der Waals surface area contributed by atoms with E-state index in [1.54, 1.807) is 24.3 Å². The van der Waals surface area contributed by atoms with Gasteiger partial charge in [-0.15, -0.1) is 6.58 Å². The van der Waals surface area contributed by atoms with Gasteiger partial charge in [0.2, 0.25) is 10.0 Å². The number of nitrogens with zero attached hydrogens (tertiary/aromatic N) is 1.